The highest BCUT2D eigenvalue weighted by Crippen LogP contribution is 2.21. The van der Waals surface area contributed by atoms with E-state index in [2.05, 4.69) is 5.10 Å². The molecular formula is C18H22N4O5. The maximum Gasteiger partial charge on any atom is 0.328 e. The molecule has 0 aliphatic heterocycles. The minimum Gasteiger partial charge on any atom is -0.454 e. The molecule has 2 aromatic rings. The summed E-state index contributed by atoms with van der Waals surface area (Å²) in [7, 11) is 0. The lowest BCUT2D eigenvalue weighted by molar-refractivity contribution is -0.386. The molecule has 27 heavy (non-hydrogen) atoms. The quantitative estimate of drug-likeness (QED) is 0.397. The molecule has 1 amide bonds. The van der Waals surface area contributed by atoms with Crippen molar-refractivity contribution in [2.45, 2.75) is 33.9 Å². The Bertz CT molecular complexity index is 832. The lowest BCUT2D eigenvalue weighted by Crippen LogP contribution is -2.34. The molecule has 0 saturated heterocycles. The zero-order valence-corrected chi connectivity index (χ0v) is 15.5. The lowest BCUT2D eigenvalue weighted by Gasteiger charge is -2.20. The average molecular weight is 374 g/mol. The van der Waals surface area contributed by atoms with Gasteiger partial charge in [0.05, 0.1) is 4.92 Å². The van der Waals surface area contributed by atoms with Gasteiger partial charge in [0.15, 0.2) is 6.61 Å². The fourth-order valence-electron chi connectivity index (χ4n) is 2.69. The Kier molecular flexibility index (Phi) is 6.64. The maximum atomic E-state index is 12.3. The van der Waals surface area contributed by atoms with Crippen LogP contribution in [0, 0.1) is 24.0 Å². The molecule has 1 heterocycles. The molecule has 2 rings (SSSR count). The van der Waals surface area contributed by atoms with Gasteiger partial charge in [-0.1, -0.05) is 30.3 Å². The third kappa shape index (κ3) is 5.13. The van der Waals surface area contributed by atoms with Gasteiger partial charge in [0, 0.05) is 13.1 Å². The first kappa shape index (κ1) is 20.1. The first-order chi connectivity index (χ1) is 12.8. The molecule has 0 aliphatic rings. The van der Waals surface area contributed by atoms with E-state index in [-0.39, 0.29) is 36.1 Å². The molecule has 0 unspecified atom stereocenters. The summed E-state index contributed by atoms with van der Waals surface area (Å²) >= 11 is 0. The van der Waals surface area contributed by atoms with Crippen molar-refractivity contribution in [3.63, 3.8) is 0 Å². The van der Waals surface area contributed by atoms with Crippen LogP contribution >= 0.6 is 0 Å². The summed E-state index contributed by atoms with van der Waals surface area (Å²) in [6.07, 6.45) is 0. The number of aromatic nitrogens is 2. The summed E-state index contributed by atoms with van der Waals surface area (Å²) in [6, 6.07) is 9.50. The van der Waals surface area contributed by atoms with E-state index in [9.17, 15) is 19.7 Å². The molecule has 0 atom stereocenters. The fraction of sp³-hybridized carbons (Fsp3) is 0.389. The number of carbonyl (C=O) groups excluding carboxylic acids is 2. The number of carbonyl (C=O) groups is 2. The number of hydrogen-bond acceptors (Lipinski definition) is 6. The van der Waals surface area contributed by atoms with Gasteiger partial charge in [-0.3, -0.25) is 24.4 Å². The van der Waals surface area contributed by atoms with Crippen molar-refractivity contribution < 1.29 is 19.2 Å². The zero-order chi connectivity index (χ0) is 20.0. The number of esters is 1. The second kappa shape index (κ2) is 8.93. The SMILES string of the molecule is CCN(Cc1ccccc1)C(=O)COC(=O)Cn1nc(C)c([N+](=O)[O-])c1C. The predicted octanol–water partition coefficient (Wildman–Crippen LogP) is 2.00. The van der Waals surface area contributed by atoms with Crippen molar-refractivity contribution in [1.29, 1.82) is 0 Å². The van der Waals surface area contributed by atoms with Crippen LogP contribution in [0.3, 0.4) is 0 Å². The van der Waals surface area contributed by atoms with Crippen LogP contribution < -0.4 is 0 Å². The standard InChI is InChI=1S/C18H22N4O5/c1-4-20(10-15-8-6-5-7-9-15)16(23)12-27-17(24)11-21-14(3)18(22(25)26)13(2)19-21/h5-9H,4,10-12H2,1-3H3. The van der Waals surface area contributed by atoms with Crippen molar-refractivity contribution in [2.24, 2.45) is 0 Å². The molecule has 0 radical (unpaired) electrons. The average Bonchev–Trinajstić information content (AvgIpc) is 2.91. The Morgan fingerprint density at radius 1 is 1.26 bits per heavy atom. The lowest BCUT2D eigenvalue weighted by atomic mass is 10.2. The van der Waals surface area contributed by atoms with Gasteiger partial charge < -0.3 is 9.64 Å². The molecule has 9 nitrogen and oxygen atoms in total. The van der Waals surface area contributed by atoms with E-state index in [1.165, 1.54) is 18.5 Å². The molecule has 0 fully saturated rings. The number of nitro groups is 1. The smallest absolute Gasteiger partial charge is 0.328 e. The van der Waals surface area contributed by atoms with Gasteiger partial charge in [-0.25, -0.2) is 0 Å². The number of benzene rings is 1. The van der Waals surface area contributed by atoms with Crippen LogP contribution in [0.25, 0.3) is 0 Å². The molecule has 0 aliphatic carbocycles. The van der Waals surface area contributed by atoms with Crippen LogP contribution in [0.5, 0.6) is 0 Å². The van der Waals surface area contributed by atoms with Gasteiger partial charge in [0.25, 0.3) is 5.91 Å². The van der Waals surface area contributed by atoms with Gasteiger partial charge in [0.1, 0.15) is 17.9 Å². The number of amides is 1. The second-order valence-electron chi connectivity index (χ2n) is 5.99. The highest BCUT2D eigenvalue weighted by molar-refractivity contribution is 5.80. The van der Waals surface area contributed by atoms with E-state index in [0.29, 0.717) is 13.1 Å². The molecule has 0 bridgehead atoms. The minimum atomic E-state index is -0.681. The summed E-state index contributed by atoms with van der Waals surface area (Å²) in [6.45, 7) is 5.08. The van der Waals surface area contributed by atoms with Crippen LogP contribution in [0.2, 0.25) is 0 Å². The number of nitrogens with zero attached hydrogens (tertiary/aromatic N) is 4. The van der Waals surface area contributed by atoms with Gasteiger partial charge in [-0.05, 0) is 26.3 Å². The van der Waals surface area contributed by atoms with E-state index >= 15 is 0 Å². The number of likely N-dealkylation sites (N-methyl/N-ethyl adjacent to an activating group) is 1. The molecule has 1 aromatic carbocycles. The Labute approximate surface area is 156 Å². The van der Waals surface area contributed by atoms with Crippen LogP contribution in [0.1, 0.15) is 23.9 Å². The second-order valence-corrected chi connectivity index (χ2v) is 5.99. The van der Waals surface area contributed by atoms with Crippen LogP contribution in [0.15, 0.2) is 30.3 Å². The topological polar surface area (TPSA) is 108 Å². The Morgan fingerprint density at radius 2 is 1.93 bits per heavy atom. The van der Waals surface area contributed by atoms with Gasteiger partial charge in [-0.15, -0.1) is 0 Å². The Balaban J connectivity index is 1.92. The molecule has 9 heteroatoms. The molecule has 1 aromatic heterocycles. The minimum absolute atomic E-state index is 0.126. The van der Waals surface area contributed by atoms with Crippen LogP contribution in [0.4, 0.5) is 5.69 Å². The first-order valence-electron chi connectivity index (χ1n) is 8.49. The third-order valence-corrected chi connectivity index (χ3v) is 4.11. The summed E-state index contributed by atoms with van der Waals surface area (Å²) in [5.41, 5.74) is 1.34. The highest BCUT2D eigenvalue weighted by Gasteiger charge is 2.23. The van der Waals surface area contributed by atoms with Gasteiger partial charge >= 0.3 is 11.7 Å². The van der Waals surface area contributed by atoms with E-state index in [1.807, 2.05) is 37.3 Å². The molecule has 0 N–H and O–H groups in total. The third-order valence-electron chi connectivity index (χ3n) is 4.11. The van der Waals surface area contributed by atoms with E-state index in [0.717, 1.165) is 5.56 Å². The predicted molar refractivity (Wildman–Crippen MR) is 96.8 cm³/mol. The normalized spacial score (nSPS) is 10.5. The van der Waals surface area contributed by atoms with Crippen molar-refractivity contribution in [3.05, 3.63) is 57.4 Å². The van der Waals surface area contributed by atoms with Crippen LogP contribution in [-0.2, 0) is 27.4 Å². The summed E-state index contributed by atoms with van der Waals surface area (Å²) in [5.74, 6) is -0.992. The first-order valence-corrected chi connectivity index (χ1v) is 8.49. The largest absolute Gasteiger partial charge is 0.454 e. The van der Waals surface area contributed by atoms with Gasteiger partial charge in [0.2, 0.25) is 0 Å². The highest BCUT2D eigenvalue weighted by atomic mass is 16.6. The van der Waals surface area contributed by atoms with Gasteiger partial charge in [-0.2, -0.15) is 5.10 Å². The molecular weight excluding hydrogens is 352 g/mol. The van der Waals surface area contributed by atoms with Crippen molar-refractivity contribution in [2.75, 3.05) is 13.2 Å². The zero-order valence-electron chi connectivity index (χ0n) is 15.5. The Morgan fingerprint density at radius 3 is 2.48 bits per heavy atom. The fourth-order valence-corrected chi connectivity index (χ4v) is 2.69. The molecule has 0 saturated carbocycles. The molecule has 0 spiro atoms. The summed E-state index contributed by atoms with van der Waals surface area (Å²) in [5, 5.41) is 15.0. The maximum absolute atomic E-state index is 12.3. The number of aryl methyl sites for hydroxylation is 1. The van der Waals surface area contributed by atoms with Crippen LogP contribution in [-0.4, -0.2) is 44.6 Å². The summed E-state index contributed by atoms with van der Waals surface area (Å²) < 4.78 is 6.24. The number of hydrogen-bond donors (Lipinski definition) is 0. The Hall–Kier alpha value is -3.23. The van der Waals surface area contributed by atoms with Crippen molar-refractivity contribution >= 4 is 17.6 Å². The number of rotatable bonds is 8. The monoisotopic (exact) mass is 374 g/mol. The van der Waals surface area contributed by atoms with E-state index in [4.69, 9.17) is 4.74 Å². The molecule has 144 valence electrons. The van der Waals surface area contributed by atoms with E-state index in [1.54, 1.807) is 4.90 Å². The van der Waals surface area contributed by atoms with E-state index < -0.39 is 10.9 Å². The van der Waals surface area contributed by atoms with Crippen molar-refractivity contribution in [1.82, 2.24) is 14.7 Å². The van der Waals surface area contributed by atoms with Crippen molar-refractivity contribution in [3.8, 4) is 0 Å². The number of ether oxygens (including phenoxy) is 1. The summed E-state index contributed by atoms with van der Waals surface area (Å²) in [4.78, 5) is 36.3.